The second kappa shape index (κ2) is 16.1. The molecule has 0 aromatic carbocycles. The monoisotopic (exact) mass is 317 g/mol. The van der Waals surface area contributed by atoms with Crippen LogP contribution in [-0.2, 0) is 0 Å². The van der Waals surface area contributed by atoms with Gasteiger partial charge in [0.2, 0.25) is 0 Å². The highest BCUT2D eigenvalue weighted by atomic mass is 15.1. The summed E-state index contributed by atoms with van der Waals surface area (Å²) >= 11 is 0. The molecule has 0 atom stereocenters. The molecule has 0 saturated carbocycles. The molecule has 0 amide bonds. The maximum atomic E-state index is 2.53. The first kappa shape index (κ1) is 20.2. The molecule has 1 aliphatic rings. The minimum absolute atomic E-state index is 1.14. The first-order valence-electron chi connectivity index (χ1n) is 10.1. The summed E-state index contributed by atoms with van der Waals surface area (Å²) in [6.07, 6.45) is 30.0. The molecule has 1 heterocycles. The Morgan fingerprint density at radius 2 is 1.22 bits per heavy atom. The molecule has 1 heteroatoms. The van der Waals surface area contributed by atoms with Gasteiger partial charge < -0.3 is 0 Å². The fourth-order valence-corrected chi connectivity index (χ4v) is 3.04. The molecule has 23 heavy (non-hydrogen) atoms. The van der Waals surface area contributed by atoms with E-state index in [1.165, 1.54) is 90.1 Å². The van der Waals surface area contributed by atoms with E-state index in [0.717, 1.165) is 6.54 Å². The van der Waals surface area contributed by atoms with E-state index in [0.29, 0.717) is 0 Å². The number of hydrogen-bond donors (Lipinski definition) is 0. The van der Waals surface area contributed by atoms with E-state index in [4.69, 9.17) is 0 Å². The molecule has 0 bridgehead atoms. The molecule has 1 nitrogen and oxygen atoms in total. The van der Waals surface area contributed by atoms with Crippen LogP contribution in [0.3, 0.4) is 0 Å². The first-order valence-corrected chi connectivity index (χ1v) is 10.1. The number of allylic oxidation sites excluding steroid dienone is 5. The highest BCUT2D eigenvalue weighted by Gasteiger charge is 2.08. The van der Waals surface area contributed by atoms with Crippen molar-refractivity contribution in [2.24, 2.45) is 0 Å². The van der Waals surface area contributed by atoms with E-state index in [-0.39, 0.29) is 0 Å². The topological polar surface area (TPSA) is 3.24 Å². The molecule has 0 spiro atoms. The summed E-state index contributed by atoms with van der Waals surface area (Å²) in [5.74, 6) is 0. The molecule has 0 N–H and O–H groups in total. The molecule has 0 aromatic rings. The van der Waals surface area contributed by atoms with Gasteiger partial charge in [-0.2, -0.15) is 0 Å². The Morgan fingerprint density at radius 3 is 1.91 bits per heavy atom. The van der Waals surface area contributed by atoms with E-state index in [1.807, 2.05) is 0 Å². The van der Waals surface area contributed by atoms with Crippen LogP contribution in [0.1, 0.15) is 84.0 Å². The molecule has 0 aromatic heterocycles. The van der Waals surface area contributed by atoms with Crippen molar-refractivity contribution in [2.75, 3.05) is 19.6 Å². The van der Waals surface area contributed by atoms with Gasteiger partial charge in [0.1, 0.15) is 0 Å². The lowest BCUT2D eigenvalue weighted by molar-refractivity contribution is 0.377. The zero-order chi connectivity index (χ0) is 16.4. The van der Waals surface area contributed by atoms with E-state index in [1.54, 1.807) is 0 Å². The Hall–Kier alpha value is -0.820. The van der Waals surface area contributed by atoms with Crippen LogP contribution in [0.4, 0.5) is 0 Å². The van der Waals surface area contributed by atoms with Crippen molar-refractivity contribution in [3.8, 4) is 0 Å². The molecule has 0 radical (unpaired) electrons. The molecule has 132 valence electrons. The maximum absolute atomic E-state index is 2.53. The third-order valence-electron chi connectivity index (χ3n) is 4.58. The second-order valence-electron chi connectivity index (χ2n) is 6.82. The van der Waals surface area contributed by atoms with Crippen molar-refractivity contribution < 1.29 is 0 Å². The second-order valence-corrected chi connectivity index (χ2v) is 6.82. The minimum Gasteiger partial charge on any atom is -0.300 e. The van der Waals surface area contributed by atoms with E-state index < -0.39 is 0 Å². The van der Waals surface area contributed by atoms with Gasteiger partial charge in [0, 0.05) is 6.54 Å². The Morgan fingerprint density at radius 1 is 0.652 bits per heavy atom. The highest BCUT2D eigenvalue weighted by Crippen LogP contribution is 2.09. The summed E-state index contributed by atoms with van der Waals surface area (Å²) in [7, 11) is 0. The van der Waals surface area contributed by atoms with Gasteiger partial charge >= 0.3 is 0 Å². The van der Waals surface area contributed by atoms with E-state index >= 15 is 0 Å². The Balaban J connectivity index is 1.79. The van der Waals surface area contributed by atoms with Gasteiger partial charge in [-0.15, -0.1) is 0 Å². The van der Waals surface area contributed by atoms with Crippen LogP contribution in [0, 0.1) is 0 Å². The van der Waals surface area contributed by atoms with Gasteiger partial charge in [-0.05, 0) is 58.0 Å². The van der Waals surface area contributed by atoms with Crippen molar-refractivity contribution in [3.05, 3.63) is 36.5 Å². The normalized spacial score (nSPS) is 16.6. The standard InChI is InChI=1S/C22H39N/c1-2-3-4-5-6-7-8-9-10-11-12-13-14-15-16-17-20-23-21-18-19-22-23/h5-6,14-17H,2-4,7-13,18-22H2,1H3. The van der Waals surface area contributed by atoms with Gasteiger partial charge in [-0.25, -0.2) is 0 Å². The molecule has 1 rings (SSSR count). The Labute approximate surface area is 145 Å². The Bertz CT molecular complexity index is 321. The zero-order valence-corrected chi connectivity index (χ0v) is 15.5. The maximum Gasteiger partial charge on any atom is 0.0166 e. The van der Waals surface area contributed by atoms with Crippen LogP contribution in [0.2, 0.25) is 0 Å². The van der Waals surface area contributed by atoms with Crippen LogP contribution < -0.4 is 0 Å². The predicted molar refractivity (Wildman–Crippen MR) is 105 cm³/mol. The third-order valence-corrected chi connectivity index (χ3v) is 4.58. The van der Waals surface area contributed by atoms with Crippen LogP contribution >= 0.6 is 0 Å². The summed E-state index contributed by atoms with van der Waals surface area (Å²) in [6.45, 7) is 5.98. The fourth-order valence-electron chi connectivity index (χ4n) is 3.04. The van der Waals surface area contributed by atoms with Crippen molar-refractivity contribution in [1.82, 2.24) is 4.90 Å². The number of rotatable bonds is 14. The summed E-state index contributed by atoms with van der Waals surface area (Å²) in [5.41, 5.74) is 0. The van der Waals surface area contributed by atoms with Crippen LogP contribution in [0.25, 0.3) is 0 Å². The first-order chi connectivity index (χ1) is 11.4. The van der Waals surface area contributed by atoms with Crippen LogP contribution in [0.5, 0.6) is 0 Å². The van der Waals surface area contributed by atoms with Gasteiger partial charge in [-0.3, -0.25) is 4.90 Å². The summed E-state index contributed by atoms with van der Waals surface area (Å²) < 4.78 is 0. The average molecular weight is 318 g/mol. The molecule has 1 aliphatic heterocycles. The molecular weight excluding hydrogens is 278 g/mol. The molecule has 1 saturated heterocycles. The summed E-state index contributed by atoms with van der Waals surface area (Å²) in [6, 6.07) is 0. The van der Waals surface area contributed by atoms with Gasteiger partial charge in [-0.1, -0.05) is 75.5 Å². The van der Waals surface area contributed by atoms with Crippen molar-refractivity contribution in [3.63, 3.8) is 0 Å². The molecule has 0 unspecified atom stereocenters. The smallest absolute Gasteiger partial charge is 0.0166 e. The van der Waals surface area contributed by atoms with Crippen molar-refractivity contribution >= 4 is 0 Å². The van der Waals surface area contributed by atoms with E-state index in [9.17, 15) is 0 Å². The van der Waals surface area contributed by atoms with Crippen molar-refractivity contribution in [1.29, 1.82) is 0 Å². The number of unbranched alkanes of at least 4 members (excludes halogenated alkanes) is 8. The lowest BCUT2D eigenvalue weighted by atomic mass is 10.1. The molecule has 0 aliphatic carbocycles. The number of likely N-dealkylation sites (tertiary alicyclic amines) is 1. The van der Waals surface area contributed by atoms with Crippen LogP contribution in [0.15, 0.2) is 36.5 Å². The van der Waals surface area contributed by atoms with Gasteiger partial charge in [0.25, 0.3) is 0 Å². The lowest BCUT2D eigenvalue weighted by Gasteiger charge is -2.09. The molecule has 1 fully saturated rings. The largest absolute Gasteiger partial charge is 0.300 e. The Kier molecular flexibility index (Phi) is 14.1. The number of nitrogens with zero attached hydrogens (tertiary/aromatic N) is 1. The van der Waals surface area contributed by atoms with Gasteiger partial charge in [0.15, 0.2) is 0 Å². The summed E-state index contributed by atoms with van der Waals surface area (Å²) in [4.78, 5) is 2.53. The van der Waals surface area contributed by atoms with Gasteiger partial charge in [0.05, 0.1) is 0 Å². The van der Waals surface area contributed by atoms with Crippen LogP contribution in [-0.4, -0.2) is 24.5 Å². The fraction of sp³-hybridized carbons (Fsp3) is 0.727. The molecular formula is C22H39N. The number of hydrogen-bond acceptors (Lipinski definition) is 1. The quantitative estimate of drug-likeness (QED) is 0.196. The predicted octanol–water partition coefficient (Wildman–Crippen LogP) is 6.67. The SMILES string of the molecule is CCCCC=CCCCCCCCC=CC=CCN1CCCC1. The summed E-state index contributed by atoms with van der Waals surface area (Å²) in [5, 5.41) is 0. The highest BCUT2D eigenvalue weighted by molar-refractivity contribution is 5.03. The minimum atomic E-state index is 1.14. The van der Waals surface area contributed by atoms with E-state index in [2.05, 4.69) is 48.3 Å². The van der Waals surface area contributed by atoms with Crippen molar-refractivity contribution in [2.45, 2.75) is 84.0 Å². The zero-order valence-electron chi connectivity index (χ0n) is 15.5. The third kappa shape index (κ3) is 13.3. The average Bonchev–Trinajstić information content (AvgIpc) is 3.08. The lowest BCUT2D eigenvalue weighted by Crippen LogP contribution is -2.18.